The number of hydrogen-bond donors (Lipinski definition) is 3. The molecule has 2 rings (SSSR count). The van der Waals surface area contributed by atoms with Crippen LogP contribution in [0.2, 0.25) is 0 Å². The van der Waals surface area contributed by atoms with Gasteiger partial charge in [0.15, 0.2) is 5.69 Å². The summed E-state index contributed by atoms with van der Waals surface area (Å²) < 4.78 is 57.6. The molecule has 1 heterocycles. The average Bonchev–Trinajstić information content (AvgIpc) is 2.60. The van der Waals surface area contributed by atoms with Gasteiger partial charge in [0, 0.05) is 6.07 Å². The van der Waals surface area contributed by atoms with Crippen LogP contribution in [0.15, 0.2) is 35.3 Å². The van der Waals surface area contributed by atoms with E-state index in [4.69, 9.17) is 11.1 Å². The zero-order valence-corrected chi connectivity index (χ0v) is 15.4. The maximum atomic E-state index is 13.3. The lowest BCUT2D eigenvalue weighted by molar-refractivity contribution is -0.141. The lowest BCUT2D eigenvalue weighted by atomic mass is 10.1. The second-order valence-corrected chi connectivity index (χ2v) is 5.92. The third kappa shape index (κ3) is 4.96. The van der Waals surface area contributed by atoms with Crippen LogP contribution in [0.4, 0.5) is 29.1 Å². The van der Waals surface area contributed by atoms with Gasteiger partial charge in [-0.25, -0.2) is 9.37 Å². The Kier molecular flexibility index (Phi) is 6.22. The predicted octanol–water partition coefficient (Wildman–Crippen LogP) is 4.38. The van der Waals surface area contributed by atoms with Gasteiger partial charge < -0.3 is 15.8 Å². The number of hydrogen-bond acceptors (Lipinski definition) is 5. The van der Waals surface area contributed by atoms with Gasteiger partial charge >= 0.3 is 6.18 Å². The zero-order chi connectivity index (χ0) is 21.1. The van der Waals surface area contributed by atoms with Crippen LogP contribution >= 0.6 is 0 Å². The van der Waals surface area contributed by atoms with Crippen molar-refractivity contribution in [2.75, 3.05) is 18.2 Å². The molecule has 1 aromatic carbocycles. The van der Waals surface area contributed by atoms with Crippen molar-refractivity contribution in [3.05, 3.63) is 53.0 Å². The number of rotatable bonds is 4. The maximum absolute atomic E-state index is 13.3. The van der Waals surface area contributed by atoms with Crippen LogP contribution in [0.1, 0.15) is 36.7 Å². The summed E-state index contributed by atoms with van der Waals surface area (Å²) >= 11 is 0. The van der Waals surface area contributed by atoms with Gasteiger partial charge in [-0.2, -0.15) is 13.2 Å². The number of ether oxygens (including phenoxy) is 1. The van der Waals surface area contributed by atoms with E-state index in [1.54, 1.807) is 26.0 Å². The minimum absolute atomic E-state index is 0.176. The normalized spacial score (nSPS) is 13.2. The SMILES string of the molecule is COC(=N)c1c(N)cc(NC(C)=NC(C)c2ccc(F)cc2)nc1C(F)(F)F. The van der Waals surface area contributed by atoms with Gasteiger partial charge in [-0.05, 0) is 31.5 Å². The highest BCUT2D eigenvalue weighted by Crippen LogP contribution is 2.34. The first kappa shape index (κ1) is 21.1. The number of nitrogens with zero attached hydrogens (tertiary/aromatic N) is 2. The minimum atomic E-state index is -4.83. The van der Waals surface area contributed by atoms with Crippen LogP contribution in [0.25, 0.3) is 0 Å². The lowest BCUT2D eigenvalue weighted by Gasteiger charge is -2.17. The van der Waals surface area contributed by atoms with Crippen molar-refractivity contribution in [2.24, 2.45) is 4.99 Å². The monoisotopic (exact) mass is 397 g/mol. The van der Waals surface area contributed by atoms with Gasteiger partial charge in [0.25, 0.3) is 0 Å². The van der Waals surface area contributed by atoms with Gasteiger partial charge in [0.05, 0.1) is 30.2 Å². The van der Waals surface area contributed by atoms with Crippen LogP contribution < -0.4 is 11.1 Å². The first-order valence-corrected chi connectivity index (χ1v) is 8.10. The molecule has 10 heteroatoms. The molecule has 0 aliphatic heterocycles. The molecule has 0 saturated heterocycles. The van der Waals surface area contributed by atoms with E-state index in [1.165, 1.54) is 18.2 Å². The first-order valence-electron chi connectivity index (χ1n) is 8.10. The third-order valence-electron chi connectivity index (χ3n) is 3.80. The Morgan fingerprint density at radius 2 is 1.89 bits per heavy atom. The van der Waals surface area contributed by atoms with Crippen LogP contribution in [0.5, 0.6) is 0 Å². The Morgan fingerprint density at radius 1 is 1.29 bits per heavy atom. The molecule has 0 fully saturated rings. The van der Waals surface area contributed by atoms with Crippen molar-refractivity contribution in [1.29, 1.82) is 5.41 Å². The molecule has 1 aromatic heterocycles. The topological polar surface area (TPSA) is 96.4 Å². The number of pyridine rings is 1. The van der Waals surface area contributed by atoms with Gasteiger partial charge in [0.2, 0.25) is 5.90 Å². The van der Waals surface area contributed by atoms with Crippen molar-refractivity contribution < 1.29 is 22.3 Å². The minimum Gasteiger partial charge on any atom is -0.481 e. The summed E-state index contributed by atoms with van der Waals surface area (Å²) in [5.41, 5.74) is 4.16. The molecule has 28 heavy (non-hydrogen) atoms. The molecule has 0 saturated carbocycles. The molecule has 0 radical (unpaired) electrons. The molecule has 0 bridgehead atoms. The number of alkyl halides is 3. The predicted molar refractivity (Wildman–Crippen MR) is 99.0 cm³/mol. The lowest BCUT2D eigenvalue weighted by Crippen LogP contribution is -2.21. The molecule has 2 aromatic rings. The summed E-state index contributed by atoms with van der Waals surface area (Å²) in [6, 6.07) is 6.53. The molecule has 0 spiro atoms. The molecule has 150 valence electrons. The van der Waals surface area contributed by atoms with Crippen molar-refractivity contribution in [3.8, 4) is 0 Å². The van der Waals surface area contributed by atoms with E-state index in [1.807, 2.05) is 0 Å². The fourth-order valence-electron chi connectivity index (χ4n) is 2.50. The number of benzene rings is 1. The molecule has 0 amide bonds. The van der Waals surface area contributed by atoms with Crippen LogP contribution in [-0.4, -0.2) is 23.8 Å². The van der Waals surface area contributed by atoms with E-state index in [0.29, 0.717) is 0 Å². The highest BCUT2D eigenvalue weighted by Gasteiger charge is 2.38. The molecule has 1 unspecified atom stereocenters. The van der Waals surface area contributed by atoms with Crippen LogP contribution in [0.3, 0.4) is 0 Å². The Labute approximate surface area is 159 Å². The molecular formula is C18H19F4N5O. The number of methoxy groups -OCH3 is 1. The standard InChI is InChI=1S/C18H19F4N5O/c1-9(11-4-6-12(19)7-5-11)25-10(2)26-14-8-13(23)15(17(24)28-3)16(27-14)18(20,21)22/h4-9,24H,1-3H3,(H3,23,25,26,27). The number of nitrogens with one attached hydrogen (secondary N) is 2. The average molecular weight is 397 g/mol. The van der Waals surface area contributed by atoms with Crippen LogP contribution in [0, 0.1) is 11.2 Å². The molecule has 6 nitrogen and oxygen atoms in total. The van der Waals surface area contributed by atoms with E-state index in [9.17, 15) is 17.6 Å². The number of aromatic nitrogens is 1. The Bertz CT molecular complexity index is 894. The van der Waals surface area contributed by atoms with Gasteiger partial charge in [0.1, 0.15) is 11.6 Å². The van der Waals surface area contributed by atoms with E-state index in [0.717, 1.165) is 12.7 Å². The summed E-state index contributed by atoms with van der Waals surface area (Å²) in [5, 5.41) is 10.2. The van der Waals surface area contributed by atoms with Crippen molar-refractivity contribution in [1.82, 2.24) is 4.98 Å². The number of amidine groups is 1. The number of halogens is 4. The highest BCUT2D eigenvalue weighted by atomic mass is 19.4. The van der Waals surface area contributed by atoms with E-state index in [-0.39, 0.29) is 29.2 Å². The Balaban J connectivity index is 2.33. The second kappa shape index (κ2) is 8.24. The number of nitrogens with two attached hydrogens (primary N) is 1. The molecule has 1 atom stereocenters. The number of anilines is 2. The number of aliphatic imine (C=N–C) groups is 1. The summed E-state index contributed by atoms with van der Waals surface area (Å²) in [6.07, 6.45) is -4.83. The van der Waals surface area contributed by atoms with Gasteiger partial charge in [-0.15, -0.1) is 0 Å². The van der Waals surface area contributed by atoms with Crippen molar-refractivity contribution in [2.45, 2.75) is 26.1 Å². The first-order chi connectivity index (χ1) is 13.0. The van der Waals surface area contributed by atoms with Crippen molar-refractivity contribution in [3.63, 3.8) is 0 Å². The summed E-state index contributed by atoms with van der Waals surface area (Å²) in [6.45, 7) is 3.31. The molecule has 4 N–H and O–H groups in total. The molecule has 0 aliphatic carbocycles. The van der Waals surface area contributed by atoms with E-state index < -0.39 is 23.3 Å². The molecular weight excluding hydrogens is 378 g/mol. The quantitative estimate of drug-likeness (QED) is 0.405. The van der Waals surface area contributed by atoms with E-state index in [2.05, 4.69) is 20.0 Å². The van der Waals surface area contributed by atoms with Crippen LogP contribution in [-0.2, 0) is 10.9 Å². The molecule has 0 aliphatic rings. The Morgan fingerprint density at radius 3 is 2.43 bits per heavy atom. The summed E-state index contributed by atoms with van der Waals surface area (Å²) in [5.74, 6) is -1.01. The summed E-state index contributed by atoms with van der Waals surface area (Å²) in [4.78, 5) is 7.86. The van der Waals surface area contributed by atoms with Gasteiger partial charge in [-0.3, -0.25) is 10.4 Å². The third-order valence-corrected chi connectivity index (χ3v) is 3.80. The summed E-state index contributed by atoms with van der Waals surface area (Å²) in [7, 11) is 1.07. The highest BCUT2D eigenvalue weighted by molar-refractivity contribution is 6.00. The van der Waals surface area contributed by atoms with E-state index >= 15 is 0 Å². The fourth-order valence-corrected chi connectivity index (χ4v) is 2.50. The largest absolute Gasteiger partial charge is 0.481 e. The maximum Gasteiger partial charge on any atom is 0.434 e. The van der Waals surface area contributed by atoms with Gasteiger partial charge in [-0.1, -0.05) is 12.1 Å². The Hall–Kier alpha value is -3.17. The number of nitrogen functional groups attached to an aromatic ring is 1. The fraction of sp³-hybridized carbons (Fsp3) is 0.278. The smallest absolute Gasteiger partial charge is 0.434 e. The van der Waals surface area contributed by atoms with Crippen molar-refractivity contribution >= 4 is 23.2 Å². The second-order valence-electron chi connectivity index (χ2n) is 5.92. The zero-order valence-electron chi connectivity index (χ0n) is 15.4.